The summed E-state index contributed by atoms with van der Waals surface area (Å²) in [7, 11) is 3.70. The van der Waals surface area contributed by atoms with E-state index in [1.54, 1.807) is 7.11 Å². The zero-order chi connectivity index (χ0) is 25.6. The molecule has 9 heteroatoms. The lowest BCUT2D eigenvalue weighted by molar-refractivity contribution is 0.0659. The number of carbonyl (C=O) groups excluding carboxylic acids is 1. The first kappa shape index (κ1) is 23.6. The Morgan fingerprint density at radius 1 is 1.19 bits per heavy atom. The lowest BCUT2D eigenvalue weighted by Gasteiger charge is -2.32. The van der Waals surface area contributed by atoms with Crippen LogP contribution in [-0.2, 0) is 0 Å². The Kier molecular flexibility index (Phi) is 6.01. The maximum absolute atomic E-state index is 13.0. The first-order valence-electron chi connectivity index (χ1n) is 11.8. The SMILES string of the molecule is C=Nc1[nH]c2cc(-c3c(C)noc3C)c(OC)cc2c1C(=C)c1c[nH]c(C(=O)N2CCN(C)CC2)c1. The molecule has 0 unspecified atom stereocenters. The minimum atomic E-state index is -0.00563. The van der Waals surface area contributed by atoms with E-state index in [0.29, 0.717) is 36.1 Å². The lowest BCUT2D eigenvalue weighted by atomic mass is 9.96. The van der Waals surface area contributed by atoms with Gasteiger partial charge in [-0.2, -0.15) is 0 Å². The Morgan fingerprint density at radius 2 is 1.94 bits per heavy atom. The van der Waals surface area contributed by atoms with Gasteiger partial charge in [0.2, 0.25) is 0 Å². The van der Waals surface area contributed by atoms with E-state index in [0.717, 1.165) is 57.5 Å². The van der Waals surface area contributed by atoms with E-state index in [2.05, 4.69) is 45.4 Å². The van der Waals surface area contributed by atoms with Crippen LogP contribution in [-0.4, -0.2) is 77.9 Å². The molecule has 0 radical (unpaired) electrons. The van der Waals surface area contributed by atoms with Crippen LogP contribution in [0.1, 0.15) is 33.1 Å². The van der Waals surface area contributed by atoms with Crippen molar-refractivity contribution in [1.82, 2.24) is 24.9 Å². The predicted octanol–water partition coefficient (Wildman–Crippen LogP) is 4.56. The molecule has 3 aromatic heterocycles. The van der Waals surface area contributed by atoms with Crippen molar-refractivity contribution in [2.24, 2.45) is 4.99 Å². The van der Waals surface area contributed by atoms with Crippen LogP contribution in [0.15, 0.2) is 40.5 Å². The van der Waals surface area contributed by atoms with Crippen LogP contribution in [0.25, 0.3) is 27.6 Å². The van der Waals surface area contributed by atoms with Gasteiger partial charge >= 0.3 is 0 Å². The molecule has 2 N–H and O–H groups in total. The minimum Gasteiger partial charge on any atom is -0.496 e. The van der Waals surface area contributed by atoms with Crippen LogP contribution in [0.3, 0.4) is 0 Å². The van der Waals surface area contributed by atoms with Gasteiger partial charge in [0, 0.05) is 60.0 Å². The van der Waals surface area contributed by atoms with Crippen molar-refractivity contribution in [3.8, 4) is 16.9 Å². The molecule has 1 aliphatic heterocycles. The smallest absolute Gasteiger partial charge is 0.270 e. The van der Waals surface area contributed by atoms with E-state index in [1.165, 1.54) is 0 Å². The fraction of sp³-hybridized carbons (Fsp3) is 0.296. The van der Waals surface area contributed by atoms with Gasteiger partial charge in [0.05, 0.1) is 18.4 Å². The molecule has 0 aliphatic carbocycles. The van der Waals surface area contributed by atoms with Gasteiger partial charge in [-0.1, -0.05) is 11.7 Å². The van der Waals surface area contributed by atoms with Crippen LogP contribution in [0.4, 0.5) is 5.82 Å². The molecular formula is C27H30N6O3. The minimum absolute atomic E-state index is 0.00563. The van der Waals surface area contributed by atoms with E-state index < -0.39 is 0 Å². The summed E-state index contributed by atoms with van der Waals surface area (Å²) < 4.78 is 11.1. The summed E-state index contributed by atoms with van der Waals surface area (Å²) in [6, 6.07) is 5.82. The summed E-state index contributed by atoms with van der Waals surface area (Å²) in [4.78, 5) is 27.9. The van der Waals surface area contributed by atoms with Gasteiger partial charge in [-0.05, 0) is 51.4 Å². The molecule has 1 fully saturated rings. The molecule has 5 rings (SSSR count). The second-order valence-electron chi connectivity index (χ2n) is 9.18. The molecule has 1 amide bonds. The topological polar surface area (TPSA) is 103 Å². The zero-order valence-electron chi connectivity index (χ0n) is 21.1. The van der Waals surface area contributed by atoms with Crippen LogP contribution in [0, 0.1) is 13.8 Å². The largest absolute Gasteiger partial charge is 0.496 e. The second-order valence-corrected chi connectivity index (χ2v) is 9.18. The van der Waals surface area contributed by atoms with Crippen molar-refractivity contribution in [3.05, 3.63) is 59.2 Å². The number of nitrogens with zero attached hydrogens (tertiary/aromatic N) is 4. The highest BCUT2D eigenvalue weighted by atomic mass is 16.5. The lowest BCUT2D eigenvalue weighted by Crippen LogP contribution is -2.47. The quantitative estimate of drug-likeness (QED) is 0.389. The molecule has 1 aliphatic rings. The number of ether oxygens (including phenoxy) is 1. The number of H-pyrrole nitrogens is 2. The van der Waals surface area contributed by atoms with E-state index in [1.807, 2.05) is 43.1 Å². The third-order valence-corrected chi connectivity index (χ3v) is 6.91. The number of aryl methyl sites for hydroxylation is 2. The number of aromatic amines is 2. The molecule has 0 atom stereocenters. The normalized spacial score (nSPS) is 14.4. The van der Waals surface area contributed by atoms with E-state index in [9.17, 15) is 4.79 Å². The summed E-state index contributed by atoms with van der Waals surface area (Å²) in [5.41, 5.74) is 6.30. The first-order valence-corrected chi connectivity index (χ1v) is 11.8. The summed E-state index contributed by atoms with van der Waals surface area (Å²) >= 11 is 0. The number of aliphatic imine (C=N–C) groups is 1. The standard InChI is InChI=1S/C27H30N6O3/c1-15(18-11-22(29-14-18)27(34)33-9-7-32(5)8-10-33)24-19-13-23(35-6)20(12-21(19)30-26(24)28-4)25-16(2)31-36-17(25)3/h11-14,29-30H,1,4,7-10H2,2-3,5-6H3. The number of piperazine rings is 1. The highest BCUT2D eigenvalue weighted by Crippen LogP contribution is 2.43. The molecule has 9 nitrogen and oxygen atoms in total. The average molecular weight is 487 g/mol. The fourth-order valence-corrected chi connectivity index (χ4v) is 4.88. The van der Waals surface area contributed by atoms with Gasteiger partial charge in [-0.15, -0.1) is 0 Å². The number of aromatic nitrogens is 3. The van der Waals surface area contributed by atoms with Crippen molar-refractivity contribution in [1.29, 1.82) is 0 Å². The third-order valence-electron chi connectivity index (χ3n) is 6.91. The van der Waals surface area contributed by atoms with Crippen molar-refractivity contribution in [2.45, 2.75) is 13.8 Å². The van der Waals surface area contributed by atoms with Crippen molar-refractivity contribution in [3.63, 3.8) is 0 Å². The van der Waals surface area contributed by atoms with Crippen LogP contribution >= 0.6 is 0 Å². The summed E-state index contributed by atoms with van der Waals surface area (Å²) in [5.74, 6) is 1.99. The first-order chi connectivity index (χ1) is 17.3. The van der Waals surface area contributed by atoms with Crippen molar-refractivity contribution >= 4 is 34.9 Å². The Labute approximate surface area is 209 Å². The van der Waals surface area contributed by atoms with Gasteiger partial charge in [-0.25, -0.2) is 4.99 Å². The Morgan fingerprint density at radius 3 is 2.58 bits per heavy atom. The molecule has 1 saturated heterocycles. The number of methoxy groups -OCH3 is 1. The summed E-state index contributed by atoms with van der Waals surface area (Å²) in [6.07, 6.45) is 1.81. The Hall–Kier alpha value is -4.11. The monoisotopic (exact) mass is 486 g/mol. The van der Waals surface area contributed by atoms with Gasteiger partial charge in [-0.3, -0.25) is 4.79 Å². The molecule has 4 heterocycles. The average Bonchev–Trinajstić information content (AvgIpc) is 3.59. The maximum atomic E-state index is 13.0. The number of carbonyl (C=O) groups is 1. The van der Waals surface area contributed by atoms with Crippen molar-refractivity contribution < 1.29 is 14.1 Å². The second kappa shape index (κ2) is 9.16. The van der Waals surface area contributed by atoms with Gasteiger partial charge < -0.3 is 29.0 Å². The van der Waals surface area contributed by atoms with Gasteiger partial charge in [0.25, 0.3) is 5.91 Å². The van der Waals surface area contributed by atoms with Crippen molar-refractivity contribution in [2.75, 3.05) is 40.3 Å². The number of benzene rings is 1. The van der Waals surface area contributed by atoms with Crippen LogP contribution in [0.2, 0.25) is 0 Å². The van der Waals surface area contributed by atoms with E-state index in [-0.39, 0.29) is 5.91 Å². The molecule has 186 valence electrons. The predicted molar refractivity (Wildman–Crippen MR) is 141 cm³/mol. The molecule has 0 spiro atoms. The van der Waals surface area contributed by atoms with Crippen LogP contribution < -0.4 is 4.74 Å². The molecule has 0 saturated carbocycles. The number of hydrogen-bond acceptors (Lipinski definition) is 6. The number of fused-ring (bicyclic) bond motifs is 1. The number of likely N-dealkylation sites (N-methyl/N-ethyl adjacent to an activating group) is 1. The van der Waals surface area contributed by atoms with Gasteiger partial charge in [0.15, 0.2) is 0 Å². The highest BCUT2D eigenvalue weighted by Gasteiger charge is 2.24. The Balaban J connectivity index is 1.53. The molecule has 36 heavy (non-hydrogen) atoms. The number of amides is 1. The van der Waals surface area contributed by atoms with Gasteiger partial charge in [0.1, 0.15) is 23.0 Å². The van der Waals surface area contributed by atoms with E-state index >= 15 is 0 Å². The van der Waals surface area contributed by atoms with E-state index in [4.69, 9.17) is 9.26 Å². The fourth-order valence-electron chi connectivity index (χ4n) is 4.88. The van der Waals surface area contributed by atoms with Crippen LogP contribution in [0.5, 0.6) is 5.75 Å². The summed E-state index contributed by atoms with van der Waals surface area (Å²) in [5, 5.41) is 4.98. The highest BCUT2D eigenvalue weighted by molar-refractivity contribution is 6.04. The molecule has 4 aromatic rings. The Bertz CT molecular complexity index is 1460. The summed E-state index contributed by atoms with van der Waals surface area (Å²) in [6.45, 7) is 15.1. The molecule has 0 bridgehead atoms. The zero-order valence-corrected chi connectivity index (χ0v) is 21.1. The molecular weight excluding hydrogens is 456 g/mol. The maximum Gasteiger partial charge on any atom is 0.270 e. The molecule has 1 aromatic carbocycles. The number of nitrogens with one attached hydrogen (secondary N) is 2. The number of hydrogen-bond donors (Lipinski definition) is 2. The number of rotatable bonds is 6. The third kappa shape index (κ3) is 3.91.